The second-order valence-corrected chi connectivity index (χ2v) is 24.7. The normalized spacial score (nSPS) is 21.8. The van der Waals surface area contributed by atoms with E-state index in [4.69, 9.17) is 25.8 Å². The molecule has 2 bridgehead atoms. The molecule has 2 aliphatic heterocycles. The zero-order valence-electron chi connectivity index (χ0n) is 34.7. The summed E-state index contributed by atoms with van der Waals surface area (Å²) in [5.41, 5.74) is -6.94. The van der Waals surface area contributed by atoms with Gasteiger partial charge in [0.25, 0.3) is 5.92 Å². The van der Waals surface area contributed by atoms with Gasteiger partial charge in [0, 0.05) is 63.3 Å². The lowest BCUT2D eigenvalue weighted by Crippen LogP contribution is -2.57. The van der Waals surface area contributed by atoms with Gasteiger partial charge in [0.05, 0.1) is 33.6 Å². The van der Waals surface area contributed by atoms with E-state index in [1.54, 1.807) is 49.6 Å². The quantitative estimate of drug-likeness (QED) is 0.0783. The lowest BCUT2D eigenvalue weighted by Gasteiger charge is -2.42. The Morgan fingerprint density at radius 1 is 1.02 bits per heavy atom. The molecule has 60 heavy (non-hydrogen) atoms. The zero-order valence-corrected chi connectivity index (χ0v) is 36.5. The molecular weight excluding hydrogens is 839 g/mol. The number of aromatic nitrogens is 4. The van der Waals surface area contributed by atoms with Crippen LogP contribution in [0.4, 0.5) is 41.3 Å². The number of carbonyl (C=O) groups is 1. The van der Waals surface area contributed by atoms with Gasteiger partial charge in [-0.3, -0.25) is 4.90 Å². The Morgan fingerprint density at radius 2 is 1.67 bits per heavy atom. The van der Waals surface area contributed by atoms with Crippen molar-refractivity contribution in [3.63, 3.8) is 0 Å². The van der Waals surface area contributed by atoms with E-state index in [0.717, 1.165) is 18.2 Å². The van der Waals surface area contributed by atoms with Crippen LogP contribution in [0, 0.1) is 17.0 Å². The third-order valence-electron chi connectivity index (χ3n) is 11.1. The third-order valence-corrected chi connectivity index (χ3v) is 13.1. The number of ether oxygens (including phenoxy) is 3. The van der Waals surface area contributed by atoms with Gasteiger partial charge in [-0.05, 0) is 65.9 Å². The van der Waals surface area contributed by atoms with E-state index in [-0.39, 0.29) is 60.6 Å². The number of hydrogen-bond donors (Lipinski definition) is 0. The van der Waals surface area contributed by atoms with Gasteiger partial charge < -0.3 is 24.0 Å². The molecule has 3 atom stereocenters. The van der Waals surface area contributed by atoms with Gasteiger partial charge in [0.2, 0.25) is 0 Å². The molecule has 2 aromatic heterocycles. The predicted octanol–water partition coefficient (Wildman–Crippen LogP) is 9.46. The number of piperazine rings is 1. The first-order valence-corrected chi connectivity index (χ1v) is 23.8. The van der Waals surface area contributed by atoms with Gasteiger partial charge >= 0.3 is 18.3 Å². The Bertz CT molecular complexity index is 2300. The highest BCUT2D eigenvalue weighted by molar-refractivity contribution is 6.76. The van der Waals surface area contributed by atoms with Gasteiger partial charge in [0.1, 0.15) is 41.6 Å². The van der Waals surface area contributed by atoms with Crippen molar-refractivity contribution in [3.8, 4) is 17.1 Å². The van der Waals surface area contributed by atoms with Crippen LogP contribution in [0.5, 0.6) is 6.01 Å². The van der Waals surface area contributed by atoms with Crippen molar-refractivity contribution >= 4 is 53.4 Å². The van der Waals surface area contributed by atoms with Crippen LogP contribution in [0.3, 0.4) is 0 Å². The fourth-order valence-electron chi connectivity index (χ4n) is 8.25. The van der Waals surface area contributed by atoms with E-state index in [1.807, 2.05) is 0 Å². The second-order valence-electron chi connectivity index (χ2n) is 18.7. The largest absolute Gasteiger partial charge is 0.463 e. The monoisotopic (exact) mass is 887 g/mol. The number of nitrogens with zero attached hydrogens (tertiary/aromatic N) is 7. The molecule has 1 amide bonds. The first-order chi connectivity index (χ1) is 27.8. The van der Waals surface area contributed by atoms with Crippen LogP contribution in [0.25, 0.3) is 32.9 Å². The Morgan fingerprint density at radius 3 is 2.23 bits per heavy atom. The van der Waals surface area contributed by atoms with E-state index < -0.39 is 95.2 Å². The minimum absolute atomic E-state index is 0.0451. The number of amides is 1. The van der Waals surface area contributed by atoms with E-state index in [2.05, 4.69) is 34.7 Å². The minimum Gasteiger partial charge on any atom is -0.463 e. The summed E-state index contributed by atoms with van der Waals surface area (Å²) in [7, 11) is 1.78. The molecule has 328 valence electrons. The van der Waals surface area contributed by atoms with Crippen molar-refractivity contribution in [2.75, 3.05) is 51.8 Å². The Balaban J connectivity index is 1.36. The van der Waals surface area contributed by atoms with Crippen LogP contribution < -0.4 is 9.64 Å². The second kappa shape index (κ2) is 15.4. The van der Waals surface area contributed by atoms with Crippen molar-refractivity contribution in [1.29, 1.82) is 0 Å². The Kier molecular flexibility index (Phi) is 11.4. The van der Waals surface area contributed by atoms with E-state index in [0.29, 0.717) is 19.4 Å². The number of halogens is 8. The molecule has 0 unspecified atom stereocenters. The molecule has 2 aromatic carbocycles. The molecular formula is C40H49ClF7N7O4Si. The first kappa shape index (κ1) is 44.1. The summed E-state index contributed by atoms with van der Waals surface area (Å²) >= 11 is 6.27. The highest BCUT2D eigenvalue weighted by Crippen LogP contribution is 2.60. The maximum Gasteiger partial charge on any atom is 0.418 e. The average Bonchev–Trinajstić information content (AvgIpc) is 3.31. The standard InChI is InChI=1S/C40H49ClF7N7O4Si/c1-37(2,3)59-36(56)55-23-9-10-24(55)17-53(16-23)34-25-14-27(42)28(31(43)33(25)49-35(50-34)58-20-38(19-52(4)5)18-39(38,44)45)29-30(40(46,47)48)26(41)13-22-15-54(51-32(22)29)21-57-11-12-60(6,7)8/h13-15,23-24H,9-12,16-21H2,1-8H3/t23-,24+,38-/m1/s1. The highest BCUT2D eigenvalue weighted by atomic mass is 35.5. The number of rotatable bonds is 12. The number of hydrogen-bond acceptors (Lipinski definition) is 9. The van der Waals surface area contributed by atoms with Crippen LogP contribution in [0.15, 0.2) is 18.3 Å². The lowest BCUT2D eigenvalue weighted by molar-refractivity contribution is -0.136. The molecule has 11 nitrogen and oxygen atoms in total. The number of alkyl halides is 5. The fourth-order valence-corrected chi connectivity index (χ4v) is 9.33. The zero-order chi connectivity index (χ0) is 43.9. The minimum atomic E-state index is -5.19. The number of anilines is 1. The van der Waals surface area contributed by atoms with Crippen molar-refractivity contribution < 1.29 is 49.7 Å². The highest BCUT2D eigenvalue weighted by Gasteiger charge is 2.71. The summed E-state index contributed by atoms with van der Waals surface area (Å²) in [4.78, 5) is 26.9. The summed E-state index contributed by atoms with van der Waals surface area (Å²) in [5, 5.41) is 3.35. The summed E-state index contributed by atoms with van der Waals surface area (Å²) in [6.45, 7) is 11.6. The third kappa shape index (κ3) is 8.73. The molecule has 4 aromatic rings. The number of carbonyl (C=O) groups excluding carboxylic acids is 1. The maximum atomic E-state index is 17.3. The van der Waals surface area contributed by atoms with Gasteiger partial charge in [0.15, 0.2) is 5.82 Å². The van der Waals surface area contributed by atoms with Crippen LogP contribution >= 0.6 is 11.6 Å². The van der Waals surface area contributed by atoms with Crippen molar-refractivity contribution in [2.24, 2.45) is 5.41 Å². The smallest absolute Gasteiger partial charge is 0.418 e. The predicted molar refractivity (Wildman–Crippen MR) is 215 cm³/mol. The molecule has 0 spiro atoms. The van der Waals surface area contributed by atoms with Crippen LogP contribution in [0.2, 0.25) is 30.7 Å². The van der Waals surface area contributed by atoms with E-state index in [9.17, 15) is 26.7 Å². The van der Waals surface area contributed by atoms with Gasteiger partial charge in [-0.1, -0.05) is 31.2 Å². The van der Waals surface area contributed by atoms with Gasteiger partial charge in [-0.25, -0.2) is 27.0 Å². The summed E-state index contributed by atoms with van der Waals surface area (Å²) < 4.78 is 127. The summed E-state index contributed by atoms with van der Waals surface area (Å²) in [5.74, 6) is -6.00. The van der Waals surface area contributed by atoms with Crippen molar-refractivity contribution in [2.45, 2.75) is 102 Å². The molecule has 1 aliphatic carbocycles. The van der Waals surface area contributed by atoms with Crippen LogP contribution in [-0.2, 0) is 22.4 Å². The van der Waals surface area contributed by atoms with Crippen molar-refractivity contribution in [3.05, 3.63) is 40.6 Å². The van der Waals surface area contributed by atoms with Crippen LogP contribution in [-0.4, -0.2) is 114 Å². The summed E-state index contributed by atoms with van der Waals surface area (Å²) in [6, 6.07) is 1.37. The topological polar surface area (TPSA) is 98.1 Å². The van der Waals surface area contributed by atoms with Crippen molar-refractivity contribution in [1.82, 2.24) is 29.5 Å². The molecule has 7 rings (SSSR count). The molecule has 4 heterocycles. The van der Waals surface area contributed by atoms with E-state index in [1.165, 1.54) is 10.9 Å². The number of fused-ring (bicyclic) bond motifs is 4. The summed E-state index contributed by atoms with van der Waals surface area (Å²) in [6.07, 6.45) is -3.64. The van der Waals surface area contributed by atoms with E-state index >= 15 is 8.78 Å². The average molecular weight is 888 g/mol. The molecule has 0 radical (unpaired) electrons. The Hall–Kier alpha value is -3.94. The number of benzene rings is 2. The lowest BCUT2D eigenvalue weighted by atomic mass is 9.94. The molecule has 1 saturated carbocycles. The van der Waals surface area contributed by atoms with Crippen LogP contribution in [0.1, 0.15) is 45.6 Å². The SMILES string of the molecule is CN(C)C[C@@]1(COc2nc(N3C[C@H]4CC[C@@H](C3)N4C(=O)OC(C)(C)C)c3cc(F)c(-c4c(C(F)(F)F)c(Cl)cc5cn(COCC[Si](C)(C)C)nc45)c(F)c3n2)CC1(F)F. The molecule has 20 heteroatoms. The first-order valence-electron chi connectivity index (χ1n) is 19.7. The van der Waals surface area contributed by atoms with Gasteiger partial charge in [-0.2, -0.15) is 28.2 Å². The molecule has 3 aliphatic rings. The molecule has 0 N–H and O–H groups in total. The van der Waals surface area contributed by atoms with Gasteiger partial charge in [-0.15, -0.1) is 0 Å². The Labute approximate surface area is 349 Å². The fraction of sp³-hybridized carbons (Fsp3) is 0.600. The molecule has 2 saturated heterocycles. The maximum absolute atomic E-state index is 17.3. The molecule has 3 fully saturated rings.